The molecule has 1 fully saturated rings. The van der Waals surface area contributed by atoms with Gasteiger partial charge in [-0.1, -0.05) is 24.3 Å². The molecule has 1 amide bonds. The van der Waals surface area contributed by atoms with Crippen LogP contribution in [-0.4, -0.2) is 64.8 Å². The zero-order chi connectivity index (χ0) is 21.8. The third kappa shape index (κ3) is 4.78. The lowest BCUT2D eigenvalue weighted by Gasteiger charge is -2.26. The molecule has 3 heterocycles. The van der Waals surface area contributed by atoms with Crippen molar-refractivity contribution in [2.24, 2.45) is 0 Å². The highest BCUT2D eigenvalue weighted by atomic mass is 16.5. The van der Waals surface area contributed by atoms with E-state index in [0.717, 1.165) is 62.6 Å². The topological polar surface area (TPSA) is 71.8 Å². The Bertz CT molecular complexity index is 1070. The molecule has 3 aromatic rings. The van der Waals surface area contributed by atoms with Gasteiger partial charge in [-0.05, 0) is 50.4 Å². The summed E-state index contributed by atoms with van der Waals surface area (Å²) in [5.41, 5.74) is 6.81. The molecule has 2 aromatic heterocycles. The van der Waals surface area contributed by atoms with Crippen LogP contribution in [0, 0.1) is 20.8 Å². The largest absolute Gasteiger partial charge is 0.379 e. The Morgan fingerprint density at radius 3 is 2.71 bits per heavy atom. The summed E-state index contributed by atoms with van der Waals surface area (Å²) < 4.78 is 7.17. The first-order chi connectivity index (χ1) is 15.0. The number of nitrogens with one attached hydrogen (secondary N) is 1. The third-order valence-electron chi connectivity index (χ3n) is 6.12. The molecular formula is C24H31N5O2. The first-order valence-corrected chi connectivity index (χ1v) is 11.0. The van der Waals surface area contributed by atoms with E-state index in [1.165, 1.54) is 11.1 Å². The number of aromatic nitrogens is 3. The maximum atomic E-state index is 12.8. The van der Waals surface area contributed by atoms with Crippen LogP contribution >= 0.6 is 0 Å². The van der Waals surface area contributed by atoms with Gasteiger partial charge in [0, 0.05) is 37.4 Å². The summed E-state index contributed by atoms with van der Waals surface area (Å²) in [7, 11) is 0. The second-order valence-electron chi connectivity index (χ2n) is 8.22. The fourth-order valence-corrected chi connectivity index (χ4v) is 4.15. The summed E-state index contributed by atoms with van der Waals surface area (Å²) in [6.45, 7) is 11.3. The number of morpholine rings is 1. The Morgan fingerprint density at radius 2 is 1.94 bits per heavy atom. The second-order valence-corrected chi connectivity index (χ2v) is 8.22. The number of benzene rings is 1. The van der Waals surface area contributed by atoms with Gasteiger partial charge in [-0.25, -0.2) is 9.50 Å². The molecule has 1 aliphatic rings. The summed E-state index contributed by atoms with van der Waals surface area (Å²) in [6, 6.07) is 8.40. The van der Waals surface area contributed by atoms with Crippen LogP contribution in [0.1, 0.15) is 44.9 Å². The fourth-order valence-electron chi connectivity index (χ4n) is 4.15. The van der Waals surface area contributed by atoms with E-state index in [9.17, 15) is 4.79 Å². The first-order valence-electron chi connectivity index (χ1n) is 11.0. The molecule has 0 spiro atoms. The smallest absolute Gasteiger partial charge is 0.256 e. The van der Waals surface area contributed by atoms with Crippen molar-refractivity contribution in [3.63, 3.8) is 0 Å². The van der Waals surface area contributed by atoms with Crippen LogP contribution in [0.25, 0.3) is 5.65 Å². The van der Waals surface area contributed by atoms with Gasteiger partial charge >= 0.3 is 0 Å². The summed E-state index contributed by atoms with van der Waals surface area (Å²) in [4.78, 5) is 19.9. The van der Waals surface area contributed by atoms with Gasteiger partial charge in [0.2, 0.25) is 0 Å². The molecule has 0 atom stereocenters. The third-order valence-corrected chi connectivity index (χ3v) is 6.12. The molecule has 1 saturated heterocycles. The number of fused-ring (bicyclic) bond motifs is 1. The SMILES string of the molecule is Cc1ccccc1Cc1c(C)nc2c(C(=O)NCCCN3CCOCC3)cnn2c1C. The molecule has 1 aliphatic heterocycles. The van der Waals surface area contributed by atoms with Crippen molar-refractivity contribution in [2.75, 3.05) is 39.4 Å². The van der Waals surface area contributed by atoms with Gasteiger partial charge in [-0.15, -0.1) is 0 Å². The van der Waals surface area contributed by atoms with Crippen LogP contribution < -0.4 is 5.32 Å². The van der Waals surface area contributed by atoms with Gasteiger partial charge in [0.1, 0.15) is 5.56 Å². The average Bonchev–Trinajstić information content (AvgIpc) is 3.20. The van der Waals surface area contributed by atoms with E-state index >= 15 is 0 Å². The Kier molecular flexibility index (Phi) is 6.63. The summed E-state index contributed by atoms with van der Waals surface area (Å²) in [5.74, 6) is -0.116. The molecule has 7 nitrogen and oxygen atoms in total. The van der Waals surface area contributed by atoms with Crippen LogP contribution in [0.15, 0.2) is 30.5 Å². The minimum absolute atomic E-state index is 0.116. The van der Waals surface area contributed by atoms with Crippen molar-refractivity contribution in [1.29, 1.82) is 0 Å². The van der Waals surface area contributed by atoms with Crippen molar-refractivity contribution < 1.29 is 9.53 Å². The molecule has 4 rings (SSSR count). The van der Waals surface area contributed by atoms with Crippen LogP contribution in [0.2, 0.25) is 0 Å². The number of aryl methyl sites for hydroxylation is 3. The summed E-state index contributed by atoms with van der Waals surface area (Å²) in [5, 5.41) is 7.51. The zero-order valence-corrected chi connectivity index (χ0v) is 18.6. The van der Waals surface area contributed by atoms with Gasteiger partial charge < -0.3 is 10.1 Å². The highest BCUT2D eigenvalue weighted by Crippen LogP contribution is 2.21. The number of carbonyl (C=O) groups is 1. The molecule has 0 bridgehead atoms. The van der Waals surface area contributed by atoms with Crippen molar-refractivity contribution in [3.05, 3.63) is 64.1 Å². The lowest BCUT2D eigenvalue weighted by molar-refractivity contribution is 0.0374. The van der Waals surface area contributed by atoms with E-state index in [0.29, 0.717) is 17.8 Å². The van der Waals surface area contributed by atoms with Crippen LogP contribution in [-0.2, 0) is 11.2 Å². The minimum Gasteiger partial charge on any atom is -0.379 e. The van der Waals surface area contributed by atoms with E-state index in [1.807, 2.05) is 13.8 Å². The molecule has 164 valence electrons. The lowest BCUT2D eigenvalue weighted by Crippen LogP contribution is -2.38. The Hall–Kier alpha value is -2.77. The predicted octanol–water partition coefficient (Wildman–Crippen LogP) is 2.70. The molecule has 31 heavy (non-hydrogen) atoms. The standard InChI is InChI=1S/C24H31N5O2/c1-17-7-4-5-8-20(17)15-21-18(2)27-23-22(16-26-29(23)19(21)3)24(30)25-9-6-10-28-11-13-31-14-12-28/h4-5,7-8,16H,6,9-15H2,1-3H3,(H,25,30). The van der Waals surface area contributed by atoms with Crippen LogP contribution in [0.3, 0.4) is 0 Å². The highest BCUT2D eigenvalue weighted by molar-refractivity contribution is 5.99. The molecule has 1 N–H and O–H groups in total. The number of nitrogens with zero attached hydrogens (tertiary/aromatic N) is 4. The molecule has 7 heteroatoms. The molecule has 0 radical (unpaired) electrons. The second kappa shape index (κ2) is 9.58. The van der Waals surface area contributed by atoms with Gasteiger partial charge in [0.05, 0.1) is 19.4 Å². The Labute approximate surface area is 183 Å². The summed E-state index contributed by atoms with van der Waals surface area (Å²) >= 11 is 0. The van der Waals surface area contributed by atoms with Crippen molar-refractivity contribution in [1.82, 2.24) is 24.8 Å². The van der Waals surface area contributed by atoms with E-state index in [2.05, 4.69) is 46.5 Å². The van der Waals surface area contributed by atoms with E-state index in [-0.39, 0.29) is 5.91 Å². The van der Waals surface area contributed by atoms with Gasteiger partial charge in [-0.2, -0.15) is 5.10 Å². The maximum Gasteiger partial charge on any atom is 0.256 e. The van der Waals surface area contributed by atoms with Crippen LogP contribution in [0.4, 0.5) is 0 Å². The number of hydrogen-bond acceptors (Lipinski definition) is 5. The van der Waals surface area contributed by atoms with Gasteiger partial charge in [0.25, 0.3) is 5.91 Å². The monoisotopic (exact) mass is 421 g/mol. The van der Waals surface area contributed by atoms with Crippen LogP contribution in [0.5, 0.6) is 0 Å². The van der Waals surface area contributed by atoms with Gasteiger partial charge in [0.15, 0.2) is 5.65 Å². The molecule has 0 unspecified atom stereocenters. The average molecular weight is 422 g/mol. The van der Waals surface area contributed by atoms with Crippen molar-refractivity contribution in [3.8, 4) is 0 Å². The Morgan fingerprint density at radius 1 is 1.16 bits per heavy atom. The molecule has 1 aromatic carbocycles. The molecule has 0 aliphatic carbocycles. The fraction of sp³-hybridized carbons (Fsp3) is 0.458. The van der Waals surface area contributed by atoms with Crippen molar-refractivity contribution >= 4 is 11.6 Å². The minimum atomic E-state index is -0.116. The normalized spacial score (nSPS) is 14.8. The number of ether oxygens (including phenoxy) is 1. The number of amides is 1. The number of hydrogen-bond donors (Lipinski definition) is 1. The molecular weight excluding hydrogens is 390 g/mol. The lowest BCUT2D eigenvalue weighted by atomic mass is 9.99. The predicted molar refractivity (Wildman–Crippen MR) is 121 cm³/mol. The van der Waals surface area contributed by atoms with E-state index in [1.54, 1.807) is 10.7 Å². The Balaban J connectivity index is 1.45. The molecule has 0 saturated carbocycles. The first kappa shape index (κ1) is 21.5. The zero-order valence-electron chi connectivity index (χ0n) is 18.6. The van der Waals surface area contributed by atoms with E-state index < -0.39 is 0 Å². The quantitative estimate of drug-likeness (QED) is 0.594. The maximum absolute atomic E-state index is 12.8. The number of rotatable bonds is 7. The highest BCUT2D eigenvalue weighted by Gasteiger charge is 2.19. The van der Waals surface area contributed by atoms with E-state index in [4.69, 9.17) is 9.72 Å². The van der Waals surface area contributed by atoms with Crippen molar-refractivity contribution in [2.45, 2.75) is 33.6 Å². The summed E-state index contributed by atoms with van der Waals surface area (Å²) in [6.07, 6.45) is 3.34. The number of carbonyl (C=O) groups excluding carboxylic acids is 1. The van der Waals surface area contributed by atoms with Gasteiger partial charge in [-0.3, -0.25) is 9.69 Å².